The summed E-state index contributed by atoms with van der Waals surface area (Å²) in [6.07, 6.45) is 6.10. The maximum atomic E-state index is 12.0. The van der Waals surface area contributed by atoms with Crippen molar-refractivity contribution >= 4 is 17.2 Å². The van der Waals surface area contributed by atoms with Gasteiger partial charge in [0.15, 0.2) is 0 Å². The van der Waals surface area contributed by atoms with E-state index in [1.54, 1.807) is 10.3 Å². The number of carbonyl (C=O) groups is 1. The topological polar surface area (TPSA) is 59.2 Å². The fraction of sp³-hybridized carbons (Fsp3) is 0.455. The molecule has 0 bridgehead atoms. The van der Waals surface area contributed by atoms with Crippen LogP contribution in [0.3, 0.4) is 0 Å². The molecule has 2 N–H and O–H groups in total. The van der Waals surface area contributed by atoms with Gasteiger partial charge >= 0.3 is 0 Å². The fourth-order valence-electron chi connectivity index (χ4n) is 1.30. The molecule has 1 rings (SSSR count). The van der Waals surface area contributed by atoms with Gasteiger partial charge in [-0.15, -0.1) is 17.8 Å². The van der Waals surface area contributed by atoms with Crippen LogP contribution in [0.4, 0.5) is 0 Å². The van der Waals surface area contributed by atoms with E-state index in [9.17, 15) is 4.79 Å². The Labute approximate surface area is 99.5 Å². The average Bonchev–Trinajstić information content (AvgIpc) is 2.76. The van der Waals surface area contributed by atoms with Crippen molar-refractivity contribution < 1.29 is 4.79 Å². The van der Waals surface area contributed by atoms with Crippen LogP contribution in [0.5, 0.6) is 0 Å². The standard InChI is InChI=1S/C11H15N3OS/c1-3-5-14(6-4-2)11(15)9-8-16-10(7-12)13-9/h1,8H,4-7,12H2,2H3. The molecular formula is C11H15N3OS. The zero-order valence-corrected chi connectivity index (χ0v) is 10.1. The van der Waals surface area contributed by atoms with Crippen LogP contribution in [0.2, 0.25) is 0 Å². The van der Waals surface area contributed by atoms with E-state index in [2.05, 4.69) is 10.9 Å². The molecule has 0 aliphatic rings. The number of thiazole rings is 1. The Bertz CT molecular complexity index is 394. The van der Waals surface area contributed by atoms with Gasteiger partial charge in [0.1, 0.15) is 10.7 Å². The number of hydrogen-bond acceptors (Lipinski definition) is 4. The van der Waals surface area contributed by atoms with E-state index < -0.39 is 0 Å². The molecule has 4 nitrogen and oxygen atoms in total. The van der Waals surface area contributed by atoms with E-state index in [4.69, 9.17) is 12.2 Å². The zero-order chi connectivity index (χ0) is 12.0. The molecular weight excluding hydrogens is 222 g/mol. The molecule has 16 heavy (non-hydrogen) atoms. The maximum absolute atomic E-state index is 12.0. The van der Waals surface area contributed by atoms with Gasteiger partial charge in [0.2, 0.25) is 0 Å². The molecule has 1 aromatic heterocycles. The van der Waals surface area contributed by atoms with Crippen LogP contribution < -0.4 is 5.73 Å². The second-order valence-electron chi connectivity index (χ2n) is 3.26. The fourth-order valence-corrected chi connectivity index (χ4v) is 1.95. The normalized spacial score (nSPS) is 9.81. The largest absolute Gasteiger partial charge is 0.326 e. The molecule has 1 aromatic rings. The van der Waals surface area contributed by atoms with Gasteiger partial charge in [0, 0.05) is 18.5 Å². The quantitative estimate of drug-likeness (QED) is 0.780. The van der Waals surface area contributed by atoms with Crippen LogP contribution >= 0.6 is 11.3 Å². The van der Waals surface area contributed by atoms with Gasteiger partial charge in [-0.1, -0.05) is 12.8 Å². The van der Waals surface area contributed by atoms with Crippen molar-refractivity contribution in [2.75, 3.05) is 13.1 Å². The van der Waals surface area contributed by atoms with Gasteiger partial charge in [-0.2, -0.15) is 0 Å². The van der Waals surface area contributed by atoms with Gasteiger partial charge in [0.05, 0.1) is 6.54 Å². The maximum Gasteiger partial charge on any atom is 0.274 e. The van der Waals surface area contributed by atoms with Crippen LogP contribution in [-0.2, 0) is 6.54 Å². The molecule has 1 heterocycles. The Hall–Kier alpha value is -1.38. The lowest BCUT2D eigenvalue weighted by molar-refractivity contribution is 0.0771. The first-order valence-electron chi connectivity index (χ1n) is 5.10. The van der Waals surface area contributed by atoms with Crippen molar-refractivity contribution in [2.24, 2.45) is 5.73 Å². The molecule has 0 saturated heterocycles. The highest BCUT2D eigenvalue weighted by molar-refractivity contribution is 7.09. The molecule has 1 amide bonds. The lowest BCUT2D eigenvalue weighted by atomic mass is 10.3. The molecule has 0 saturated carbocycles. The minimum absolute atomic E-state index is 0.115. The summed E-state index contributed by atoms with van der Waals surface area (Å²) in [5.41, 5.74) is 5.89. The van der Waals surface area contributed by atoms with Crippen LogP contribution in [0.15, 0.2) is 5.38 Å². The lowest BCUT2D eigenvalue weighted by Crippen LogP contribution is -2.32. The van der Waals surface area contributed by atoms with E-state index in [1.807, 2.05) is 6.92 Å². The number of nitrogens with two attached hydrogens (primary N) is 1. The predicted molar refractivity (Wildman–Crippen MR) is 65.0 cm³/mol. The number of amides is 1. The first-order valence-corrected chi connectivity index (χ1v) is 5.98. The van der Waals surface area contributed by atoms with Crippen LogP contribution in [0, 0.1) is 12.3 Å². The van der Waals surface area contributed by atoms with Crippen LogP contribution in [-0.4, -0.2) is 28.9 Å². The molecule has 0 aliphatic heterocycles. The van der Waals surface area contributed by atoms with Gasteiger partial charge in [-0.25, -0.2) is 4.98 Å². The minimum atomic E-state index is -0.115. The Balaban J connectivity index is 2.77. The van der Waals surface area contributed by atoms with Gasteiger partial charge in [-0.05, 0) is 6.42 Å². The molecule has 5 heteroatoms. The van der Waals surface area contributed by atoms with E-state index in [0.717, 1.165) is 11.4 Å². The smallest absolute Gasteiger partial charge is 0.274 e. The second kappa shape index (κ2) is 6.26. The Morgan fingerprint density at radius 2 is 2.50 bits per heavy atom. The van der Waals surface area contributed by atoms with Gasteiger partial charge < -0.3 is 10.6 Å². The molecule has 0 atom stereocenters. The van der Waals surface area contributed by atoms with Crippen molar-refractivity contribution in [3.8, 4) is 12.3 Å². The lowest BCUT2D eigenvalue weighted by Gasteiger charge is -2.17. The average molecular weight is 237 g/mol. The molecule has 0 spiro atoms. The third-order valence-electron chi connectivity index (χ3n) is 2.01. The summed E-state index contributed by atoms with van der Waals surface area (Å²) < 4.78 is 0. The summed E-state index contributed by atoms with van der Waals surface area (Å²) in [5, 5.41) is 2.49. The van der Waals surface area contributed by atoms with E-state index in [1.165, 1.54) is 11.3 Å². The summed E-state index contributed by atoms with van der Waals surface area (Å²) in [5.74, 6) is 2.37. The third-order valence-corrected chi connectivity index (χ3v) is 2.88. The van der Waals surface area contributed by atoms with Crippen LogP contribution in [0.25, 0.3) is 0 Å². The monoisotopic (exact) mass is 237 g/mol. The summed E-state index contributed by atoms with van der Waals surface area (Å²) in [6, 6.07) is 0. The van der Waals surface area contributed by atoms with Crippen molar-refractivity contribution in [1.29, 1.82) is 0 Å². The number of rotatable bonds is 5. The first kappa shape index (κ1) is 12.7. The van der Waals surface area contributed by atoms with Crippen molar-refractivity contribution in [3.63, 3.8) is 0 Å². The summed E-state index contributed by atoms with van der Waals surface area (Å²) in [4.78, 5) is 17.8. The second-order valence-corrected chi connectivity index (χ2v) is 4.20. The van der Waals surface area contributed by atoms with Crippen molar-refractivity contribution in [2.45, 2.75) is 19.9 Å². The molecule has 0 aliphatic carbocycles. The Kier molecular flexibility index (Phi) is 4.96. The third kappa shape index (κ3) is 3.05. The SMILES string of the molecule is C#CCN(CCC)C(=O)c1csc(CN)n1. The highest BCUT2D eigenvalue weighted by Crippen LogP contribution is 2.11. The molecule has 0 radical (unpaired) electrons. The number of aromatic nitrogens is 1. The van der Waals surface area contributed by atoms with Gasteiger partial charge in [0.25, 0.3) is 5.91 Å². The van der Waals surface area contributed by atoms with Crippen molar-refractivity contribution in [1.82, 2.24) is 9.88 Å². The molecule has 0 aromatic carbocycles. The Morgan fingerprint density at radius 1 is 1.75 bits per heavy atom. The molecule has 0 fully saturated rings. The number of nitrogens with zero attached hydrogens (tertiary/aromatic N) is 2. The summed E-state index contributed by atoms with van der Waals surface area (Å²) in [7, 11) is 0. The number of carbonyl (C=O) groups excluding carboxylic acids is 1. The van der Waals surface area contributed by atoms with E-state index in [0.29, 0.717) is 25.3 Å². The summed E-state index contributed by atoms with van der Waals surface area (Å²) in [6.45, 7) is 3.34. The van der Waals surface area contributed by atoms with Crippen molar-refractivity contribution in [3.05, 3.63) is 16.1 Å². The molecule has 86 valence electrons. The number of hydrogen-bond donors (Lipinski definition) is 1. The van der Waals surface area contributed by atoms with Crippen LogP contribution in [0.1, 0.15) is 28.8 Å². The minimum Gasteiger partial charge on any atom is -0.326 e. The van der Waals surface area contributed by atoms with Gasteiger partial charge in [-0.3, -0.25) is 4.79 Å². The van der Waals surface area contributed by atoms with E-state index >= 15 is 0 Å². The Morgan fingerprint density at radius 3 is 3.00 bits per heavy atom. The summed E-state index contributed by atoms with van der Waals surface area (Å²) >= 11 is 1.40. The predicted octanol–water partition coefficient (Wildman–Crippen LogP) is 1.09. The van der Waals surface area contributed by atoms with E-state index in [-0.39, 0.29) is 5.91 Å². The molecule has 0 unspecified atom stereocenters. The highest BCUT2D eigenvalue weighted by Gasteiger charge is 2.16. The number of terminal acetylenes is 1. The zero-order valence-electron chi connectivity index (χ0n) is 9.27. The first-order chi connectivity index (χ1) is 7.72. The highest BCUT2D eigenvalue weighted by atomic mass is 32.1.